The summed E-state index contributed by atoms with van der Waals surface area (Å²) in [7, 11) is 0. The SMILES string of the molecule is N[C@@H](CNc1nc(-c2ccncc2)nc2sc3c(c12)CCC1(C3)OCCO1)Cc1ccccc1. The highest BCUT2D eigenvalue weighted by Crippen LogP contribution is 2.44. The zero-order valence-corrected chi connectivity index (χ0v) is 19.7. The minimum atomic E-state index is -0.471. The maximum atomic E-state index is 6.49. The first kappa shape index (κ1) is 21.6. The Morgan fingerprint density at radius 1 is 1.06 bits per heavy atom. The van der Waals surface area contributed by atoms with E-state index in [1.807, 2.05) is 30.3 Å². The van der Waals surface area contributed by atoms with Crippen molar-refractivity contribution < 1.29 is 9.47 Å². The molecule has 8 heteroatoms. The predicted octanol–water partition coefficient (Wildman–Crippen LogP) is 3.97. The molecule has 6 rings (SSSR count). The molecule has 34 heavy (non-hydrogen) atoms. The second-order valence-corrected chi connectivity index (χ2v) is 10.0. The van der Waals surface area contributed by atoms with Gasteiger partial charge in [-0.05, 0) is 36.1 Å². The van der Waals surface area contributed by atoms with Crippen LogP contribution in [0.2, 0.25) is 0 Å². The lowest BCUT2D eigenvalue weighted by atomic mass is 9.92. The quantitative estimate of drug-likeness (QED) is 0.438. The molecule has 1 aliphatic heterocycles. The molecule has 7 nitrogen and oxygen atoms in total. The summed E-state index contributed by atoms with van der Waals surface area (Å²) in [5.74, 6) is 1.07. The van der Waals surface area contributed by atoms with Gasteiger partial charge in [-0.1, -0.05) is 30.3 Å². The molecular formula is C26H27N5O2S. The van der Waals surface area contributed by atoms with Gasteiger partial charge in [0.05, 0.1) is 18.6 Å². The number of benzene rings is 1. The molecule has 2 aliphatic rings. The van der Waals surface area contributed by atoms with Crippen LogP contribution >= 0.6 is 11.3 Å². The van der Waals surface area contributed by atoms with Crippen LogP contribution in [-0.4, -0.2) is 46.5 Å². The van der Waals surface area contributed by atoms with E-state index >= 15 is 0 Å². The number of aromatic nitrogens is 3. The van der Waals surface area contributed by atoms with E-state index in [4.69, 9.17) is 25.2 Å². The second kappa shape index (κ2) is 9.03. The summed E-state index contributed by atoms with van der Waals surface area (Å²) in [6.07, 6.45) is 6.84. The Bertz CT molecular complexity index is 1290. The molecule has 1 aromatic carbocycles. The van der Waals surface area contributed by atoms with Crippen LogP contribution in [0.1, 0.15) is 22.4 Å². The van der Waals surface area contributed by atoms with E-state index in [9.17, 15) is 0 Å². The molecule has 1 spiro atoms. The van der Waals surface area contributed by atoms with Gasteiger partial charge >= 0.3 is 0 Å². The smallest absolute Gasteiger partial charge is 0.173 e. The van der Waals surface area contributed by atoms with Gasteiger partial charge in [-0.15, -0.1) is 11.3 Å². The molecule has 1 fully saturated rings. The van der Waals surface area contributed by atoms with E-state index in [1.54, 1.807) is 23.7 Å². The number of nitrogens with one attached hydrogen (secondary N) is 1. The number of pyridine rings is 1. The summed E-state index contributed by atoms with van der Waals surface area (Å²) in [6, 6.07) is 14.2. The van der Waals surface area contributed by atoms with E-state index in [1.165, 1.54) is 16.0 Å². The van der Waals surface area contributed by atoms with Crippen molar-refractivity contribution in [3.8, 4) is 11.4 Å². The average Bonchev–Trinajstić information content (AvgIpc) is 3.47. The maximum Gasteiger partial charge on any atom is 0.173 e. The van der Waals surface area contributed by atoms with Gasteiger partial charge in [0, 0.05) is 48.3 Å². The van der Waals surface area contributed by atoms with Gasteiger partial charge in [0.25, 0.3) is 0 Å². The van der Waals surface area contributed by atoms with Crippen molar-refractivity contribution >= 4 is 27.4 Å². The third-order valence-corrected chi connectivity index (χ3v) is 7.67. The first-order chi connectivity index (χ1) is 16.7. The Hall–Kier alpha value is -2.91. The lowest BCUT2D eigenvalue weighted by Crippen LogP contribution is -2.36. The molecule has 174 valence electrons. The highest BCUT2D eigenvalue weighted by atomic mass is 32.1. The average molecular weight is 474 g/mol. The van der Waals surface area contributed by atoms with Crippen LogP contribution in [0.5, 0.6) is 0 Å². The van der Waals surface area contributed by atoms with Crippen LogP contribution in [0.3, 0.4) is 0 Å². The number of rotatable bonds is 6. The normalized spacial score (nSPS) is 17.7. The topological polar surface area (TPSA) is 95.2 Å². The van der Waals surface area contributed by atoms with E-state index in [0.29, 0.717) is 25.6 Å². The number of thiophene rings is 1. The first-order valence-electron chi connectivity index (χ1n) is 11.7. The van der Waals surface area contributed by atoms with Crippen LogP contribution in [0.15, 0.2) is 54.9 Å². The van der Waals surface area contributed by atoms with Crippen LogP contribution in [0, 0.1) is 0 Å². The minimum Gasteiger partial charge on any atom is -0.368 e. The molecule has 3 aromatic heterocycles. The minimum absolute atomic E-state index is 0.0326. The van der Waals surface area contributed by atoms with Crippen molar-refractivity contribution in [2.45, 2.75) is 37.5 Å². The third-order valence-electron chi connectivity index (χ3n) is 6.54. The monoisotopic (exact) mass is 473 g/mol. The van der Waals surface area contributed by atoms with E-state index in [-0.39, 0.29) is 6.04 Å². The summed E-state index contributed by atoms with van der Waals surface area (Å²) in [5.41, 5.74) is 9.98. The lowest BCUT2D eigenvalue weighted by molar-refractivity contribution is -0.163. The summed E-state index contributed by atoms with van der Waals surface area (Å²) in [6.45, 7) is 1.95. The molecule has 0 saturated carbocycles. The molecule has 1 saturated heterocycles. The number of anilines is 1. The standard InChI is InChI=1S/C26H27N5O2S/c27-19(14-17-4-2-1-3-5-17)16-29-24-22-20-6-9-26(32-12-13-33-26)15-21(20)34-25(22)31-23(30-24)18-7-10-28-11-8-18/h1-5,7-8,10-11,19H,6,9,12-16,27H2,(H,29,30,31)/t19-/m1/s1. The van der Waals surface area contributed by atoms with Crippen molar-refractivity contribution in [3.05, 3.63) is 70.9 Å². The van der Waals surface area contributed by atoms with Crippen LogP contribution < -0.4 is 11.1 Å². The van der Waals surface area contributed by atoms with Gasteiger partial charge in [-0.2, -0.15) is 0 Å². The van der Waals surface area contributed by atoms with Gasteiger partial charge in [-0.25, -0.2) is 9.97 Å². The third kappa shape index (κ3) is 4.18. The summed E-state index contributed by atoms with van der Waals surface area (Å²) in [4.78, 5) is 16.3. The van der Waals surface area contributed by atoms with Gasteiger partial charge in [0.1, 0.15) is 10.6 Å². The van der Waals surface area contributed by atoms with Crippen LogP contribution in [-0.2, 0) is 28.7 Å². The molecule has 0 bridgehead atoms. The Morgan fingerprint density at radius 2 is 1.85 bits per heavy atom. The Kier molecular flexibility index (Phi) is 5.74. The number of nitrogens with two attached hydrogens (primary N) is 1. The summed E-state index contributed by atoms with van der Waals surface area (Å²) < 4.78 is 12.0. The number of hydrogen-bond acceptors (Lipinski definition) is 8. The maximum absolute atomic E-state index is 6.49. The zero-order chi connectivity index (χ0) is 23.0. The highest BCUT2D eigenvalue weighted by Gasteiger charge is 2.41. The molecule has 0 radical (unpaired) electrons. The van der Waals surface area contributed by atoms with E-state index < -0.39 is 5.79 Å². The lowest BCUT2D eigenvalue weighted by Gasteiger charge is -2.31. The number of nitrogens with zero attached hydrogens (tertiary/aromatic N) is 3. The Balaban J connectivity index is 1.34. The number of ether oxygens (including phenoxy) is 2. The molecule has 1 atom stereocenters. The molecule has 0 unspecified atom stereocenters. The van der Waals surface area contributed by atoms with Gasteiger partial charge < -0.3 is 20.5 Å². The fourth-order valence-electron chi connectivity index (χ4n) is 4.88. The molecule has 4 aromatic rings. The van der Waals surface area contributed by atoms with Crippen LogP contribution in [0.25, 0.3) is 21.6 Å². The van der Waals surface area contributed by atoms with Gasteiger partial charge in [-0.3, -0.25) is 4.98 Å². The largest absolute Gasteiger partial charge is 0.368 e. The molecular weight excluding hydrogens is 446 g/mol. The molecule has 3 N–H and O–H groups in total. The fraction of sp³-hybridized carbons (Fsp3) is 0.346. The fourth-order valence-corrected chi connectivity index (χ4v) is 6.18. The number of fused-ring (bicyclic) bond motifs is 3. The highest BCUT2D eigenvalue weighted by molar-refractivity contribution is 7.19. The molecule has 0 amide bonds. The van der Waals surface area contributed by atoms with Crippen molar-refractivity contribution in [3.63, 3.8) is 0 Å². The summed E-state index contributed by atoms with van der Waals surface area (Å²) in [5, 5.41) is 4.68. The summed E-state index contributed by atoms with van der Waals surface area (Å²) >= 11 is 1.72. The van der Waals surface area contributed by atoms with Crippen LogP contribution in [0.4, 0.5) is 5.82 Å². The van der Waals surface area contributed by atoms with Crippen molar-refractivity contribution in [1.82, 2.24) is 15.0 Å². The van der Waals surface area contributed by atoms with Crippen molar-refractivity contribution in [2.75, 3.05) is 25.1 Å². The van der Waals surface area contributed by atoms with Gasteiger partial charge in [0.2, 0.25) is 0 Å². The Morgan fingerprint density at radius 3 is 2.65 bits per heavy atom. The van der Waals surface area contributed by atoms with E-state index in [0.717, 1.165) is 47.3 Å². The second-order valence-electron chi connectivity index (χ2n) is 8.93. The first-order valence-corrected chi connectivity index (χ1v) is 12.5. The Labute approximate surface area is 202 Å². The molecule has 1 aliphatic carbocycles. The van der Waals surface area contributed by atoms with Gasteiger partial charge in [0.15, 0.2) is 11.6 Å². The number of aryl methyl sites for hydroxylation is 1. The van der Waals surface area contributed by atoms with Crippen molar-refractivity contribution in [1.29, 1.82) is 0 Å². The molecule has 4 heterocycles. The zero-order valence-electron chi connectivity index (χ0n) is 18.9. The van der Waals surface area contributed by atoms with E-state index in [2.05, 4.69) is 22.4 Å². The predicted molar refractivity (Wildman–Crippen MR) is 134 cm³/mol. The number of hydrogen-bond donors (Lipinski definition) is 2. The van der Waals surface area contributed by atoms with Crippen molar-refractivity contribution in [2.24, 2.45) is 5.73 Å².